The summed E-state index contributed by atoms with van der Waals surface area (Å²) in [5, 5.41) is 9.87. The first kappa shape index (κ1) is 15.1. The van der Waals surface area contributed by atoms with Gasteiger partial charge < -0.3 is 14.7 Å². The summed E-state index contributed by atoms with van der Waals surface area (Å²) in [7, 11) is 0. The fraction of sp³-hybridized carbons (Fsp3) is 0.938. The Morgan fingerprint density at radius 1 is 1.14 bits per heavy atom. The molecule has 0 aromatic heterocycles. The fourth-order valence-corrected chi connectivity index (χ4v) is 3.94. The Morgan fingerprint density at radius 2 is 1.71 bits per heavy atom. The standard InChI is InChI=1S/C16H28N2O3/c1-16(2,3)21-15(20)17-6-4-13(5-7-17)18-9-11-8-12(10-18)14(11)19/h11-14,19H,4-10H2,1-3H3/t11-,12+,14?. The fourth-order valence-electron chi connectivity index (χ4n) is 3.94. The first-order chi connectivity index (χ1) is 9.83. The van der Waals surface area contributed by atoms with Gasteiger partial charge in [0.15, 0.2) is 0 Å². The molecular formula is C16H28N2O3. The second-order valence-corrected chi connectivity index (χ2v) is 7.90. The molecule has 1 N–H and O–H groups in total. The number of hydrogen-bond donors (Lipinski definition) is 1. The minimum atomic E-state index is -0.418. The van der Waals surface area contributed by atoms with E-state index >= 15 is 0 Å². The minimum absolute atomic E-state index is 0.0527. The predicted molar refractivity (Wildman–Crippen MR) is 80.0 cm³/mol. The highest BCUT2D eigenvalue weighted by Gasteiger charge is 2.47. The molecule has 120 valence electrons. The number of hydrogen-bond acceptors (Lipinski definition) is 4. The third-order valence-electron chi connectivity index (χ3n) is 5.14. The van der Waals surface area contributed by atoms with Gasteiger partial charge in [0, 0.05) is 32.2 Å². The van der Waals surface area contributed by atoms with Gasteiger partial charge in [0.1, 0.15) is 5.60 Å². The van der Waals surface area contributed by atoms with E-state index in [1.54, 1.807) is 0 Å². The molecule has 1 amide bonds. The van der Waals surface area contributed by atoms with Crippen molar-refractivity contribution in [3.63, 3.8) is 0 Å². The number of amides is 1. The lowest BCUT2D eigenvalue weighted by molar-refractivity contribution is -0.121. The van der Waals surface area contributed by atoms with Crippen LogP contribution in [-0.2, 0) is 4.74 Å². The van der Waals surface area contributed by atoms with Crippen molar-refractivity contribution in [1.82, 2.24) is 9.80 Å². The van der Waals surface area contributed by atoms with Crippen LogP contribution in [-0.4, -0.2) is 64.9 Å². The van der Waals surface area contributed by atoms with Crippen LogP contribution in [0, 0.1) is 11.8 Å². The molecule has 4 rings (SSSR count). The molecule has 0 aromatic carbocycles. The first-order valence-corrected chi connectivity index (χ1v) is 8.23. The third kappa shape index (κ3) is 3.19. The normalized spacial score (nSPS) is 34.5. The lowest BCUT2D eigenvalue weighted by Gasteiger charge is -2.54. The molecule has 0 spiro atoms. The Balaban J connectivity index is 1.46. The highest BCUT2D eigenvalue weighted by molar-refractivity contribution is 5.68. The van der Waals surface area contributed by atoms with Crippen LogP contribution in [0.4, 0.5) is 4.79 Å². The smallest absolute Gasteiger partial charge is 0.410 e. The average molecular weight is 296 g/mol. The summed E-state index contributed by atoms with van der Waals surface area (Å²) in [5.74, 6) is 0.986. The van der Waals surface area contributed by atoms with E-state index in [1.807, 2.05) is 25.7 Å². The van der Waals surface area contributed by atoms with Crippen LogP contribution in [0.15, 0.2) is 0 Å². The summed E-state index contributed by atoms with van der Waals surface area (Å²) < 4.78 is 5.44. The van der Waals surface area contributed by atoms with Gasteiger partial charge >= 0.3 is 6.09 Å². The van der Waals surface area contributed by atoms with Crippen molar-refractivity contribution in [2.75, 3.05) is 26.2 Å². The van der Waals surface area contributed by atoms with Crippen molar-refractivity contribution < 1.29 is 14.6 Å². The van der Waals surface area contributed by atoms with E-state index in [9.17, 15) is 9.90 Å². The van der Waals surface area contributed by atoms with Gasteiger partial charge in [-0.05, 0) is 51.9 Å². The molecule has 1 unspecified atom stereocenters. The number of carbonyl (C=O) groups excluding carboxylic acids is 1. The quantitative estimate of drug-likeness (QED) is 0.800. The number of piperidine rings is 3. The van der Waals surface area contributed by atoms with Gasteiger partial charge in [-0.15, -0.1) is 0 Å². The molecule has 3 aliphatic heterocycles. The lowest BCUT2D eigenvalue weighted by atomic mass is 9.67. The minimum Gasteiger partial charge on any atom is -0.444 e. The summed E-state index contributed by atoms with van der Waals surface area (Å²) >= 11 is 0. The van der Waals surface area contributed by atoms with Crippen molar-refractivity contribution in [2.24, 2.45) is 11.8 Å². The van der Waals surface area contributed by atoms with Crippen LogP contribution < -0.4 is 0 Å². The van der Waals surface area contributed by atoms with Gasteiger partial charge in [-0.2, -0.15) is 0 Å². The third-order valence-corrected chi connectivity index (χ3v) is 5.14. The van der Waals surface area contributed by atoms with Crippen molar-refractivity contribution in [1.29, 1.82) is 0 Å². The Bertz CT molecular complexity index is 387. The van der Waals surface area contributed by atoms with Crippen LogP contribution in [0.3, 0.4) is 0 Å². The SMILES string of the molecule is CC(C)(C)OC(=O)N1CCC(N2C[C@H]3C[C@@H](C2)C3O)CC1. The molecule has 0 aromatic rings. The van der Waals surface area contributed by atoms with Gasteiger partial charge in [0.05, 0.1) is 6.10 Å². The summed E-state index contributed by atoms with van der Waals surface area (Å²) in [6.45, 7) is 9.36. The van der Waals surface area contributed by atoms with E-state index < -0.39 is 5.60 Å². The van der Waals surface area contributed by atoms with Gasteiger partial charge in [0.25, 0.3) is 0 Å². The summed E-state index contributed by atoms with van der Waals surface area (Å²) in [5.41, 5.74) is -0.418. The Hall–Kier alpha value is -0.810. The molecule has 2 bridgehead atoms. The molecule has 4 aliphatic rings. The summed E-state index contributed by atoms with van der Waals surface area (Å²) in [6, 6.07) is 0.571. The zero-order valence-corrected chi connectivity index (χ0v) is 13.4. The number of rotatable bonds is 1. The number of ether oxygens (including phenoxy) is 1. The van der Waals surface area contributed by atoms with Crippen LogP contribution in [0.2, 0.25) is 0 Å². The van der Waals surface area contributed by atoms with Gasteiger partial charge in [-0.1, -0.05) is 0 Å². The molecule has 0 radical (unpaired) electrons. The van der Waals surface area contributed by atoms with E-state index in [4.69, 9.17) is 4.74 Å². The Labute approximate surface area is 127 Å². The van der Waals surface area contributed by atoms with Crippen molar-refractivity contribution in [2.45, 2.75) is 57.8 Å². The van der Waals surface area contributed by atoms with Crippen molar-refractivity contribution >= 4 is 6.09 Å². The first-order valence-electron chi connectivity index (χ1n) is 8.23. The highest BCUT2D eigenvalue weighted by Crippen LogP contribution is 2.41. The van der Waals surface area contributed by atoms with E-state index in [-0.39, 0.29) is 12.2 Å². The molecule has 5 nitrogen and oxygen atoms in total. The van der Waals surface area contributed by atoms with Crippen LogP contribution in [0.1, 0.15) is 40.0 Å². The second-order valence-electron chi connectivity index (χ2n) is 7.90. The van der Waals surface area contributed by atoms with E-state index in [0.717, 1.165) is 39.0 Å². The maximum Gasteiger partial charge on any atom is 0.410 e. The number of aliphatic hydroxyl groups is 1. The van der Waals surface area contributed by atoms with Crippen molar-refractivity contribution in [3.05, 3.63) is 0 Å². The molecule has 5 heteroatoms. The van der Waals surface area contributed by atoms with E-state index in [2.05, 4.69) is 4.90 Å². The molecule has 1 saturated carbocycles. The molecule has 1 aliphatic carbocycles. The van der Waals surface area contributed by atoms with Gasteiger partial charge in [-0.25, -0.2) is 4.79 Å². The number of carbonyl (C=O) groups is 1. The Kier molecular flexibility index (Phi) is 3.91. The monoisotopic (exact) mass is 296 g/mol. The Morgan fingerprint density at radius 3 is 2.19 bits per heavy atom. The van der Waals surface area contributed by atoms with Crippen LogP contribution in [0.5, 0.6) is 0 Å². The van der Waals surface area contributed by atoms with E-state index in [1.165, 1.54) is 6.42 Å². The van der Waals surface area contributed by atoms with Gasteiger partial charge in [-0.3, -0.25) is 4.90 Å². The lowest BCUT2D eigenvalue weighted by Crippen LogP contribution is -2.61. The maximum atomic E-state index is 12.1. The highest BCUT2D eigenvalue weighted by atomic mass is 16.6. The number of nitrogens with zero attached hydrogens (tertiary/aromatic N) is 2. The zero-order chi connectivity index (χ0) is 15.2. The number of aliphatic hydroxyl groups excluding tert-OH is 1. The molecule has 21 heavy (non-hydrogen) atoms. The molecule has 3 saturated heterocycles. The molecule has 3 atom stereocenters. The molecule has 4 fully saturated rings. The average Bonchev–Trinajstić information content (AvgIpc) is 2.45. The van der Waals surface area contributed by atoms with Crippen LogP contribution in [0.25, 0.3) is 0 Å². The van der Waals surface area contributed by atoms with Crippen LogP contribution >= 0.6 is 0 Å². The predicted octanol–water partition coefficient (Wildman–Crippen LogP) is 1.70. The largest absolute Gasteiger partial charge is 0.444 e. The van der Waals surface area contributed by atoms with E-state index in [0.29, 0.717) is 17.9 Å². The van der Waals surface area contributed by atoms with Gasteiger partial charge in [0.2, 0.25) is 0 Å². The molecule has 3 heterocycles. The topological polar surface area (TPSA) is 53.0 Å². The maximum absolute atomic E-state index is 12.1. The summed E-state index contributed by atoms with van der Waals surface area (Å²) in [6.07, 6.45) is 3.01. The number of fused-ring (bicyclic) bond motifs is 2. The molecular weight excluding hydrogens is 268 g/mol. The zero-order valence-electron chi connectivity index (χ0n) is 13.4. The van der Waals surface area contributed by atoms with Crippen molar-refractivity contribution in [3.8, 4) is 0 Å². The number of likely N-dealkylation sites (tertiary alicyclic amines) is 1. The summed E-state index contributed by atoms with van der Waals surface area (Å²) in [4.78, 5) is 16.4. The second kappa shape index (κ2) is 5.43.